The molecule has 1 fully saturated rings. The molecule has 0 bridgehead atoms. The van der Waals surface area contributed by atoms with E-state index in [0.29, 0.717) is 19.4 Å². The third kappa shape index (κ3) is 5.57. The van der Waals surface area contributed by atoms with Gasteiger partial charge in [-0.05, 0) is 37.5 Å². The number of aryl methyl sites for hydroxylation is 1. The lowest BCUT2D eigenvalue weighted by atomic mass is 9.79. The van der Waals surface area contributed by atoms with Gasteiger partial charge in [-0.15, -0.1) is 0 Å². The molecule has 166 valence electrons. The van der Waals surface area contributed by atoms with E-state index in [1.165, 1.54) is 23.1 Å². The minimum absolute atomic E-state index is 0.0875. The van der Waals surface area contributed by atoms with Crippen LogP contribution in [0.3, 0.4) is 0 Å². The Labute approximate surface area is 179 Å². The number of nitrogens with zero attached hydrogens (tertiary/aromatic N) is 1. The van der Waals surface area contributed by atoms with Crippen LogP contribution in [0.15, 0.2) is 48.5 Å². The van der Waals surface area contributed by atoms with Gasteiger partial charge < -0.3 is 15.5 Å². The molecule has 3 amide bonds. The number of anilines is 1. The lowest BCUT2D eigenvalue weighted by Gasteiger charge is -2.38. The lowest BCUT2D eigenvalue weighted by molar-refractivity contribution is -0.137. The summed E-state index contributed by atoms with van der Waals surface area (Å²) in [6, 6.07) is 12.2. The summed E-state index contributed by atoms with van der Waals surface area (Å²) >= 11 is 0. The van der Waals surface area contributed by atoms with Crippen molar-refractivity contribution in [2.24, 2.45) is 5.41 Å². The van der Waals surface area contributed by atoms with Gasteiger partial charge in [0.1, 0.15) is 0 Å². The summed E-state index contributed by atoms with van der Waals surface area (Å²) in [7, 11) is 0. The number of urea groups is 1. The molecule has 2 aromatic carbocycles. The maximum absolute atomic E-state index is 13.1. The van der Waals surface area contributed by atoms with Crippen LogP contribution >= 0.6 is 0 Å². The quantitative estimate of drug-likeness (QED) is 0.716. The van der Waals surface area contributed by atoms with Gasteiger partial charge in [-0.25, -0.2) is 4.79 Å². The number of likely N-dealkylation sites (tertiary alicyclic amines) is 1. The molecule has 0 aliphatic carbocycles. The number of para-hydroxylation sites is 1. The second-order valence-corrected chi connectivity index (χ2v) is 8.19. The molecule has 0 spiro atoms. The summed E-state index contributed by atoms with van der Waals surface area (Å²) in [5.74, 6) is -0.0875. The highest BCUT2D eigenvalue weighted by molar-refractivity contribution is 5.90. The summed E-state index contributed by atoms with van der Waals surface area (Å²) in [6.07, 6.45) is -3.69. The molecule has 3 rings (SSSR count). The zero-order valence-electron chi connectivity index (χ0n) is 17.6. The summed E-state index contributed by atoms with van der Waals surface area (Å²) < 4.78 is 39.4. The van der Waals surface area contributed by atoms with Crippen molar-refractivity contribution in [3.63, 3.8) is 0 Å². The van der Waals surface area contributed by atoms with Gasteiger partial charge in [-0.2, -0.15) is 13.2 Å². The number of carbonyl (C=O) groups is 2. The van der Waals surface area contributed by atoms with Gasteiger partial charge in [0, 0.05) is 25.0 Å². The second kappa shape index (κ2) is 8.99. The molecule has 8 heteroatoms. The van der Waals surface area contributed by atoms with E-state index in [9.17, 15) is 22.8 Å². The van der Waals surface area contributed by atoms with Crippen LogP contribution in [0.4, 0.5) is 23.7 Å². The van der Waals surface area contributed by atoms with Gasteiger partial charge >= 0.3 is 12.2 Å². The highest BCUT2D eigenvalue weighted by Crippen LogP contribution is 2.35. The molecule has 0 saturated carbocycles. The molecule has 1 aliphatic rings. The first-order valence-corrected chi connectivity index (χ1v) is 10.1. The van der Waals surface area contributed by atoms with E-state index in [2.05, 4.69) is 10.6 Å². The standard InChI is InChI=1S/C23H26F3N3O2/c1-16-7-9-17(10-8-16)15-27-20(30)22(2)11-13-29(14-12-22)21(31)28-19-6-4-3-5-18(19)23(24,25)26/h3-10H,11-15H2,1-2H3,(H,27,30)(H,28,31). The van der Waals surface area contributed by atoms with E-state index in [4.69, 9.17) is 0 Å². The first kappa shape index (κ1) is 22.7. The predicted molar refractivity (Wildman–Crippen MR) is 112 cm³/mol. The van der Waals surface area contributed by atoms with Gasteiger partial charge in [0.05, 0.1) is 11.3 Å². The monoisotopic (exact) mass is 433 g/mol. The first-order chi connectivity index (χ1) is 14.6. The summed E-state index contributed by atoms with van der Waals surface area (Å²) in [4.78, 5) is 26.7. The molecule has 31 heavy (non-hydrogen) atoms. The second-order valence-electron chi connectivity index (χ2n) is 8.19. The minimum atomic E-state index is -4.56. The van der Waals surface area contributed by atoms with Crippen LogP contribution in [0.1, 0.15) is 36.5 Å². The molecule has 0 radical (unpaired) electrons. The zero-order chi connectivity index (χ0) is 22.6. The lowest BCUT2D eigenvalue weighted by Crippen LogP contribution is -2.49. The Kier molecular flexibility index (Phi) is 6.57. The number of alkyl halides is 3. The van der Waals surface area contributed by atoms with Crippen molar-refractivity contribution in [3.8, 4) is 0 Å². The van der Waals surface area contributed by atoms with E-state index < -0.39 is 23.2 Å². The molecule has 0 atom stereocenters. The maximum atomic E-state index is 13.1. The third-order valence-corrected chi connectivity index (χ3v) is 5.75. The molecular formula is C23H26F3N3O2. The van der Waals surface area contributed by atoms with Crippen molar-refractivity contribution in [3.05, 3.63) is 65.2 Å². The number of hydrogen-bond donors (Lipinski definition) is 2. The SMILES string of the molecule is Cc1ccc(CNC(=O)C2(C)CCN(C(=O)Nc3ccccc3C(F)(F)F)CC2)cc1. The average molecular weight is 433 g/mol. The van der Waals surface area contributed by atoms with Gasteiger partial charge in [-0.3, -0.25) is 4.79 Å². The molecule has 2 aromatic rings. The Morgan fingerprint density at radius 1 is 1.03 bits per heavy atom. The molecular weight excluding hydrogens is 407 g/mol. The van der Waals surface area contributed by atoms with E-state index in [1.54, 1.807) is 0 Å². The van der Waals surface area contributed by atoms with Crippen LogP contribution in [0, 0.1) is 12.3 Å². The van der Waals surface area contributed by atoms with Gasteiger partial charge in [0.2, 0.25) is 5.91 Å². The summed E-state index contributed by atoms with van der Waals surface area (Å²) in [5, 5.41) is 5.31. The largest absolute Gasteiger partial charge is 0.418 e. The minimum Gasteiger partial charge on any atom is -0.352 e. The smallest absolute Gasteiger partial charge is 0.352 e. The van der Waals surface area contributed by atoms with Crippen LogP contribution in [-0.4, -0.2) is 29.9 Å². The number of carbonyl (C=O) groups excluding carboxylic acids is 2. The highest BCUT2D eigenvalue weighted by Gasteiger charge is 2.38. The Morgan fingerprint density at radius 2 is 1.65 bits per heavy atom. The van der Waals surface area contributed by atoms with E-state index in [0.717, 1.165) is 17.2 Å². The Bertz CT molecular complexity index is 934. The van der Waals surface area contributed by atoms with Gasteiger partial charge in [0.15, 0.2) is 0 Å². The average Bonchev–Trinajstić information content (AvgIpc) is 2.73. The van der Waals surface area contributed by atoms with Crippen molar-refractivity contribution in [2.75, 3.05) is 18.4 Å². The zero-order valence-corrected chi connectivity index (χ0v) is 17.6. The molecule has 2 N–H and O–H groups in total. The fourth-order valence-electron chi connectivity index (χ4n) is 3.57. The van der Waals surface area contributed by atoms with Crippen LogP contribution in [0.25, 0.3) is 0 Å². The molecule has 1 saturated heterocycles. The number of piperidine rings is 1. The van der Waals surface area contributed by atoms with Crippen molar-refractivity contribution in [2.45, 2.75) is 39.4 Å². The van der Waals surface area contributed by atoms with Gasteiger partial charge in [-0.1, -0.05) is 48.9 Å². The van der Waals surface area contributed by atoms with E-state index >= 15 is 0 Å². The summed E-state index contributed by atoms with van der Waals surface area (Å²) in [6.45, 7) is 4.84. The Morgan fingerprint density at radius 3 is 2.26 bits per heavy atom. The number of rotatable bonds is 4. The molecule has 5 nitrogen and oxygen atoms in total. The number of benzene rings is 2. The molecule has 1 heterocycles. The normalized spacial score (nSPS) is 16.0. The first-order valence-electron chi connectivity index (χ1n) is 10.1. The third-order valence-electron chi connectivity index (χ3n) is 5.75. The predicted octanol–water partition coefficient (Wildman–Crippen LogP) is 4.96. The van der Waals surface area contributed by atoms with Crippen molar-refractivity contribution < 1.29 is 22.8 Å². The van der Waals surface area contributed by atoms with Crippen LogP contribution in [0.5, 0.6) is 0 Å². The van der Waals surface area contributed by atoms with Crippen LogP contribution in [-0.2, 0) is 17.5 Å². The number of amides is 3. The van der Waals surface area contributed by atoms with Crippen LogP contribution in [0.2, 0.25) is 0 Å². The van der Waals surface area contributed by atoms with Gasteiger partial charge in [0.25, 0.3) is 0 Å². The van der Waals surface area contributed by atoms with E-state index in [-0.39, 0.29) is 24.7 Å². The van der Waals surface area contributed by atoms with E-state index in [1.807, 2.05) is 38.1 Å². The number of hydrogen-bond acceptors (Lipinski definition) is 2. The fourth-order valence-corrected chi connectivity index (χ4v) is 3.57. The van der Waals surface area contributed by atoms with Crippen LogP contribution < -0.4 is 10.6 Å². The molecule has 1 aliphatic heterocycles. The fraction of sp³-hybridized carbons (Fsp3) is 0.391. The number of halogens is 3. The van der Waals surface area contributed by atoms with Crippen molar-refractivity contribution in [1.82, 2.24) is 10.2 Å². The van der Waals surface area contributed by atoms with Crippen molar-refractivity contribution in [1.29, 1.82) is 0 Å². The summed E-state index contributed by atoms with van der Waals surface area (Å²) in [5.41, 5.74) is 0.351. The Hall–Kier alpha value is -3.03. The molecule has 0 aromatic heterocycles. The topological polar surface area (TPSA) is 61.4 Å². The van der Waals surface area contributed by atoms with Crippen molar-refractivity contribution >= 4 is 17.6 Å². The maximum Gasteiger partial charge on any atom is 0.418 e. The molecule has 0 unspecified atom stereocenters. The highest BCUT2D eigenvalue weighted by atomic mass is 19.4. The Balaban J connectivity index is 1.55. The number of nitrogens with one attached hydrogen (secondary N) is 2.